The summed E-state index contributed by atoms with van der Waals surface area (Å²) in [6.45, 7) is 11.6. The maximum Gasteiger partial charge on any atom is 0.326 e. The smallest absolute Gasteiger partial charge is 0.307 e. The number of carbonyl (C=O) groups is 1. The molecule has 0 saturated carbocycles. The van der Waals surface area contributed by atoms with Gasteiger partial charge in [0.1, 0.15) is 6.33 Å². The first-order valence-electron chi connectivity index (χ1n) is 12.5. The van der Waals surface area contributed by atoms with E-state index in [0.717, 1.165) is 29.8 Å². The number of aryl methyl sites for hydroxylation is 1. The molecule has 0 bridgehead atoms. The lowest BCUT2D eigenvalue weighted by atomic mass is 9.93. The van der Waals surface area contributed by atoms with Crippen molar-refractivity contribution < 1.29 is 4.79 Å². The second kappa shape index (κ2) is 13.9. The number of aromatic nitrogens is 3. The van der Waals surface area contributed by atoms with Gasteiger partial charge in [-0.1, -0.05) is 104 Å². The highest BCUT2D eigenvalue weighted by Crippen LogP contribution is 2.32. The summed E-state index contributed by atoms with van der Waals surface area (Å²) in [6.07, 6.45) is 13.3. The molecule has 6 heteroatoms. The van der Waals surface area contributed by atoms with Gasteiger partial charge in [0, 0.05) is 12.2 Å². The largest absolute Gasteiger partial charge is 0.326 e. The van der Waals surface area contributed by atoms with Gasteiger partial charge in [0.15, 0.2) is 0 Å². The average molecular weight is 442 g/mol. The van der Waals surface area contributed by atoms with Gasteiger partial charge in [-0.2, -0.15) is 0 Å². The summed E-state index contributed by atoms with van der Waals surface area (Å²) >= 11 is 0. The summed E-state index contributed by atoms with van der Waals surface area (Å²) < 4.78 is 1.93. The molecule has 1 aromatic carbocycles. The van der Waals surface area contributed by atoms with Crippen molar-refractivity contribution in [2.24, 2.45) is 0 Å². The molecule has 1 aromatic heterocycles. The highest BCUT2D eigenvalue weighted by molar-refractivity contribution is 6.00. The molecular weight excluding hydrogens is 398 g/mol. The van der Waals surface area contributed by atoms with Crippen LogP contribution in [0.2, 0.25) is 0 Å². The van der Waals surface area contributed by atoms with Gasteiger partial charge < -0.3 is 5.32 Å². The molecule has 178 valence electrons. The molecule has 0 unspecified atom stereocenters. The highest BCUT2D eigenvalue weighted by atomic mass is 16.2. The summed E-state index contributed by atoms with van der Waals surface area (Å²) in [4.78, 5) is 12.8. The standard InChI is InChI=1S/C26H43N5O/c1-6-7-8-9-10-11-12-13-14-18-31-19-27-30-25(31)29-26(32)28-24-22(20(2)3)16-15-17-23(24)21(4)5/h15-17,19-21H,6-14,18H2,1-5H3,(H2,28,29,30,32). The summed E-state index contributed by atoms with van der Waals surface area (Å²) in [5.74, 6) is 1.13. The fraction of sp³-hybridized carbons (Fsp3) is 0.654. The third-order valence-electron chi connectivity index (χ3n) is 5.95. The Hall–Kier alpha value is -2.37. The van der Waals surface area contributed by atoms with Crippen LogP contribution in [0.25, 0.3) is 0 Å². The van der Waals surface area contributed by atoms with Gasteiger partial charge in [0.05, 0.1) is 0 Å². The van der Waals surface area contributed by atoms with Crippen LogP contribution in [0, 0.1) is 0 Å². The van der Waals surface area contributed by atoms with Gasteiger partial charge in [0.25, 0.3) is 0 Å². The lowest BCUT2D eigenvalue weighted by molar-refractivity contribution is 0.262. The molecule has 0 saturated heterocycles. The van der Waals surface area contributed by atoms with Crippen molar-refractivity contribution in [1.29, 1.82) is 0 Å². The van der Waals surface area contributed by atoms with Crippen molar-refractivity contribution in [3.05, 3.63) is 35.7 Å². The van der Waals surface area contributed by atoms with Crippen molar-refractivity contribution >= 4 is 17.7 Å². The number of hydrogen-bond acceptors (Lipinski definition) is 3. The predicted molar refractivity (Wildman–Crippen MR) is 135 cm³/mol. The Morgan fingerprint density at radius 3 is 2.00 bits per heavy atom. The topological polar surface area (TPSA) is 71.8 Å². The van der Waals surface area contributed by atoms with Crippen LogP contribution in [-0.4, -0.2) is 20.8 Å². The number of nitrogens with one attached hydrogen (secondary N) is 2. The predicted octanol–water partition coefficient (Wildman–Crippen LogP) is 7.70. The zero-order chi connectivity index (χ0) is 23.3. The van der Waals surface area contributed by atoms with Crippen molar-refractivity contribution in [3.63, 3.8) is 0 Å². The van der Waals surface area contributed by atoms with E-state index in [1.54, 1.807) is 6.33 Å². The van der Waals surface area contributed by atoms with Gasteiger partial charge in [-0.25, -0.2) is 4.79 Å². The Kier molecular flexibility index (Phi) is 11.3. The van der Waals surface area contributed by atoms with E-state index in [1.807, 2.05) is 4.57 Å². The Balaban J connectivity index is 1.85. The fourth-order valence-electron chi connectivity index (χ4n) is 4.05. The monoisotopic (exact) mass is 441 g/mol. The van der Waals surface area contributed by atoms with E-state index in [-0.39, 0.29) is 6.03 Å². The maximum atomic E-state index is 12.8. The van der Waals surface area contributed by atoms with Crippen LogP contribution >= 0.6 is 0 Å². The van der Waals surface area contributed by atoms with Crippen molar-refractivity contribution in [2.75, 3.05) is 10.6 Å². The van der Waals surface area contributed by atoms with Crippen LogP contribution in [0.4, 0.5) is 16.4 Å². The van der Waals surface area contributed by atoms with Gasteiger partial charge in [-0.05, 0) is 29.4 Å². The normalized spacial score (nSPS) is 11.3. The second-order valence-electron chi connectivity index (χ2n) is 9.38. The first kappa shape index (κ1) is 25.9. The van der Waals surface area contributed by atoms with Crippen LogP contribution in [0.1, 0.15) is 115 Å². The Morgan fingerprint density at radius 1 is 0.875 bits per heavy atom. The lowest BCUT2D eigenvalue weighted by Gasteiger charge is -2.20. The number of benzene rings is 1. The molecule has 0 aliphatic heterocycles. The number of amides is 2. The Labute approximate surface area is 194 Å². The summed E-state index contributed by atoms with van der Waals surface area (Å²) in [7, 11) is 0. The minimum Gasteiger partial charge on any atom is -0.307 e. The quantitative estimate of drug-likeness (QED) is 0.295. The third-order valence-corrected chi connectivity index (χ3v) is 5.95. The van der Waals surface area contributed by atoms with Crippen molar-refractivity contribution in [1.82, 2.24) is 14.8 Å². The van der Waals surface area contributed by atoms with Crippen LogP contribution in [-0.2, 0) is 6.54 Å². The zero-order valence-corrected chi connectivity index (χ0v) is 20.8. The zero-order valence-electron chi connectivity index (χ0n) is 20.8. The summed E-state index contributed by atoms with van der Waals surface area (Å²) in [5, 5.41) is 14.1. The van der Waals surface area contributed by atoms with Gasteiger partial charge in [0.2, 0.25) is 5.95 Å². The average Bonchev–Trinajstić information content (AvgIpc) is 3.19. The summed E-state index contributed by atoms with van der Waals surface area (Å²) in [5.41, 5.74) is 3.19. The van der Waals surface area contributed by atoms with Crippen molar-refractivity contribution in [3.8, 4) is 0 Å². The van der Waals surface area contributed by atoms with Gasteiger partial charge in [-0.3, -0.25) is 9.88 Å². The minimum atomic E-state index is -0.277. The molecular formula is C26H43N5O. The number of urea groups is 1. The second-order valence-corrected chi connectivity index (χ2v) is 9.38. The number of rotatable bonds is 14. The van der Waals surface area contributed by atoms with E-state index in [1.165, 1.54) is 51.4 Å². The van der Waals surface area contributed by atoms with Crippen LogP contribution in [0.15, 0.2) is 24.5 Å². The third kappa shape index (κ3) is 8.29. The number of para-hydroxylation sites is 1. The Morgan fingerprint density at radius 2 is 1.44 bits per heavy atom. The molecule has 0 aliphatic rings. The Bertz CT molecular complexity index is 786. The molecule has 32 heavy (non-hydrogen) atoms. The SMILES string of the molecule is CCCCCCCCCCCn1cnnc1NC(=O)Nc1c(C(C)C)cccc1C(C)C. The van der Waals surface area contributed by atoms with E-state index in [0.29, 0.717) is 17.8 Å². The molecule has 0 fully saturated rings. The fourth-order valence-corrected chi connectivity index (χ4v) is 4.05. The van der Waals surface area contributed by atoms with Crippen LogP contribution in [0.3, 0.4) is 0 Å². The molecule has 6 nitrogen and oxygen atoms in total. The summed E-state index contributed by atoms with van der Waals surface area (Å²) in [6, 6.07) is 5.95. The number of anilines is 2. The lowest BCUT2D eigenvalue weighted by Crippen LogP contribution is -2.23. The van der Waals surface area contributed by atoms with E-state index >= 15 is 0 Å². The minimum absolute atomic E-state index is 0.277. The van der Waals surface area contributed by atoms with E-state index < -0.39 is 0 Å². The molecule has 2 rings (SSSR count). The van der Waals surface area contributed by atoms with E-state index in [2.05, 4.69) is 73.6 Å². The first-order valence-corrected chi connectivity index (χ1v) is 12.5. The highest BCUT2D eigenvalue weighted by Gasteiger charge is 2.17. The molecule has 0 aliphatic carbocycles. The van der Waals surface area contributed by atoms with Crippen molar-refractivity contribution in [2.45, 2.75) is 111 Å². The molecule has 0 spiro atoms. The molecule has 0 atom stereocenters. The first-order chi connectivity index (χ1) is 15.4. The number of hydrogen-bond donors (Lipinski definition) is 2. The number of unbranched alkanes of at least 4 members (excludes halogenated alkanes) is 8. The maximum absolute atomic E-state index is 12.8. The molecule has 0 radical (unpaired) electrons. The number of carbonyl (C=O) groups excluding carboxylic acids is 1. The molecule has 2 amide bonds. The van der Waals surface area contributed by atoms with Crippen LogP contribution in [0.5, 0.6) is 0 Å². The number of nitrogens with zero attached hydrogens (tertiary/aromatic N) is 3. The van der Waals surface area contributed by atoms with Crippen LogP contribution < -0.4 is 10.6 Å². The van der Waals surface area contributed by atoms with Gasteiger partial charge in [-0.15, -0.1) is 10.2 Å². The molecule has 1 heterocycles. The van der Waals surface area contributed by atoms with E-state index in [4.69, 9.17) is 0 Å². The van der Waals surface area contributed by atoms with Gasteiger partial charge >= 0.3 is 6.03 Å². The molecule has 2 N–H and O–H groups in total. The molecule has 2 aromatic rings. The van der Waals surface area contributed by atoms with E-state index in [9.17, 15) is 4.79 Å².